The quantitative estimate of drug-likeness (QED) is 0.739. The average Bonchev–Trinajstić information content (AvgIpc) is 3.09. The maximum Gasteiger partial charge on any atom is 0.311 e. The Morgan fingerprint density at radius 1 is 1.07 bits per heavy atom. The molecule has 1 fully saturated rings. The molecule has 2 aromatic rings. The number of sulfonamides is 1. The molecule has 1 aliphatic heterocycles. The van der Waals surface area contributed by atoms with Gasteiger partial charge < -0.3 is 14.4 Å². The zero-order valence-corrected chi connectivity index (χ0v) is 16.2. The van der Waals surface area contributed by atoms with Crippen molar-refractivity contribution in [2.24, 2.45) is 5.92 Å². The summed E-state index contributed by atoms with van der Waals surface area (Å²) in [5, 5.41) is 0. The van der Waals surface area contributed by atoms with E-state index in [1.807, 2.05) is 0 Å². The molecule has 0 saturated carbocycles. The largest absolute Gasteiger partial charge is 0.497 e. The number of amides is 1. The van der Waals surface area contributed by atoms with Gasteiger partial charge in [0, 0.05) is 24.3 Å². The molecule has 1 unspecified atom stereocenters. The van der Waals surface area contributed by atoms with Crippen molar-refractivity contribution in [2.75, 3.05) is 30.4 Å². The third kappa shape index (κ3) is 4.09. The van der Waals surface area contributed by atoms with Crippen LogP contribution in [0, 0.1) is 5.92 Å². The molecule has 2 aromatic carbocycles. The molecule has 1 atom stereocenters. The molecule has 1 amide bonds. The highest BCUT2D eigenvalue weighted by Crippen LogP contribution is 2.27. The maximum atomic E-state index is 12.5. The van der Waals surface area contributed by atoms with Gasteiger partial charge in [0.2, 0.25) is 5.91 Å². The second-order valence-corrected chi connectivity index (χ2v) is 7.94. The minimum Gasteiger partial charge on any atom is -0.497 e. The molecule has 148 valence electrons. The molecular formula is C19H20N2O6S. The Balaban J connectivity index is 1.74. The lowest BCUT2D eigenvalue weighted by molar-refractivity contribution is -0.145. The molecule has 28 heavy (non-hydrogen) atoms. The summed E-state index contributed by atoms with van der Waals surface area (Å²) < 4.78 is 37.3. The van der Waals surface area contributed by atoms with Crippen LogP contribution in [0.3, 0.4) is 0 Å². The molecular weight excluding hydrogens is 384 g/mol. The number of methoxy groups -OCH3 is 2. The van der Waals surface area contributed by atoms with Crippen molar-refractivity contribution < 1.29 is 27.5 Å². The fourth-order valence-electron chi connectivity index (χ4n) is 2.96. The zero-order chi connectivity index (χ0) is 20.3. The molecule has 1 saturated heterocycles. The summed E-state index contributed by atoms with van der Waals surface area (Å²) in [6, 6.07) is 12.4. The normalized spacial score (nSPS) is 16.7. The predicted molar refractivity (Wildman–Crippen MR) is 103 cm³/mol. The lowest BCUT2D eigenvalue weighted by Gasteiger charge is -2.17. The van der Waals surface area contributed by atoms with E-state index in [4.69, 9.17) is 4.74 Å². The Labute approximate surface area is 163 Å². The third-order valence-electron chi connectivity index (χ3n) is 4.46. The summed E-state index contributed by atoms with van der Waals surface area (Å²) in [5.74, 6) is -0.536. The summed E-state index contributed by atoms with van der Waals surface area (Å²) in [4.78, 5) is 25.3. The minimum absolute atomic E-state index is 0.0585. The number of carbonyl (C=O) groups is 2. The van der Waals surface area contributed by atoms with Crippen molar-refractivity contribution in [1.82, 2.24) is 0 Å². The van der Waals surface area contributed by atoms with Crippen molar-refractivity contribution in [1.29, 1.82) is 0 Å². The van der Waals surface area contributed by atoms with Crippen molar-refractivity contribution in [3.63, 3.8) is 0 Å². The van der Waals surface area contributed by atoms with Gasteiger partial charge in [0.15, 0.2) is 0 Å². The molecule has 1 heterocycles. The van der Waals surface area contributed by atoms with E-state index >= 15 is 0 Å². The van der Waals surface area contributed by atoms with Crippen molar-refractivity contribution in [3.8, 4) is 5.75 Å². The summed E-state index contributed by atoms with van der Waals surface area (Å²) >= 11 is 0. The van der Waals surface area contributed by atoms with Crippen LogP contribution in [-0.2, 0) is 24.3 Å². The van der Waals surface area contributed by atoms with Gasteiger partial charge in [-0.25, -0.2) is 8.42 Å². The van der Waals surface area contributed by atoms with Gasteiger partial charge in [-0.2, -0.15) is 0 Å². The highest BCUT2D eigenvalue weighted by molar-refractivity contribution is 7.92. The fourth-order valence-corrected chi connectivity index (χ4v) is 4.02. The van der Waals surface area contributed by atoms with E-state index in [9.17, 15) is 18.0 Å². The number of nitrogens with one attached hydrogen (secondary N) is 1. The van der Waals surface area contributed by atoms with E-state index in [0.717, 1.165) is 0 Å². The standard InChI is InChI=1S/C19H20N2O6S/c1-26-16-7-3-14(4-8-16)20-28(24,25)17-9-5-15(6-10-17)21-12-13(11-18(21)22)19(23)27-2/h3-10,13,20H,11-12H2,1-2H3. The number of nitrogens with zero attached hydrogens (tertiary/aromatic N) is 1. The number of ether oxygens (including phenoxy) is 2. The molecule has 0 aromatic heterocycles. The number of benzene rings is 2. The van der Waals surface area contributed by atoms with Crippen LogP contribution in [0.5, 0.6) is 5.75 Å². The highest BCUT2D eigenvalue weighted by atomic mass is 32.2. The first-order valence-electron chi connectivity index (χ1n) is 8.49. The van der Waals surface area contributed by atoms with Gasteiger partial charge in [-0.15, -0.1) is 0 Å². The Morgan fingerprint density at radius 2 is 1.71 bits per heavy atom. The lowest BCUT2D eigenvalue weighted by Crippen LogP contribution is -2.26. The third-order valence-corrected chi connectivity index (χ3v) is 5.86. The van der Waals surface area contributed by atoms with Crippen LogP contribution in [0.15, 0.2) is 53.4 Å². The molecule has 0 radical (unpaired) electrons. The topological polar surface area (TPSA) is 102 Å². The Kier molecular flexibility index (Phi) is 5.55. The number of anilines is 2. The van der Waals surface area contributed by atoms with Crippen molar-refractivity contribution >= 4 is 33.3 Å². The van der Waals surface area contributed by atoms with E-state index in [1.165, 1.54) is 31.3 Å². The predicted octanol–water partition coefficient (Wildman–Crippen LogP) is 2.02. The Hall–Kier alpha value is -3.07. The smallest absolute Gasteiger partial charge is 0.311 e. The average molecular weight is 404 g/mol. The first kappa shape index (κ1) is 19.7. The zero-order valence-electron chi connectivity index (χ0n) is 15.4. The number of carbonyl (C=O) groups excluding carboxylic acids is 2. The second kappa shape index (κ2) is 7.89. The van der Waals surface area contributed by atoms with Crippen LogP contribution in [-0.4, -0.2) is 41.1 Å². The highest BCUT2D eigenvalue weighted by Gasteiger charge is 2.35. The van der Waals surface area contributed by atoms with Crippen molar-refractivity contribution in [2.45, 2.75) is 11.3 Å². The van der Waals surface area contributed by atoms with Crippen LogP contribution < -0.4 is 14.4 Å². The molecule has 9 heteroatoms. The van der Waals surface area contributed by atoms with Gasteiger partial charge in [-0.1, -0.05) is 0 Å². The van der Waals surface area contributed by atoms with Crippen LogP contribution >= 0.6 is 0 Å². The fraction of sp³-hybridized carbons (Fsp3) is 0.263. The molecule has 0 bridgehead atoms. The molecule has 0 spiro atoms. The van der Waals surface area contributed by atoms with E-state index in [1.54, 1.807) is 36.4 Å². The summed E-state index contributed by atoms with van der Waals surface area (Å²) in [6.45, 7) is 0.210. The van der Waals surface area contributed by atoms with Crippen LogP contribution in [0.25, 0.3) is 0 Å². The maximum absolute atomic E-state index is 12.5. The number of hydrogen-bond donors (Lipinski definition) is 1. The Morgan fingerprint density at radius 3 is 2.29 bits per heavy atom. The van der Waals surface area contributed by atoms with E-state index < -0.39 is 21.9 Å². The van der Waals surface area contributed by atoms with E-state index in [-0.39, 0.29) is 23.8 Å². The van der Waals surface area contributed by atoms with E-state index in [2.05, 4.69) is 9.46 Å². The molecule has 1 N–H and O–H groups in total. The van der Waals surface area contributed by atoms with Gasteiger partial charge in [0.25, 0.3) is 10.0 Å². The second-order valence-electron chi connectivity index (χ2n) is 6.26. The van der Waals surface area contributed by atoms with Crippen LogP contribution in [0.4, 0.5) is 11.4 Å². The number of hydrogen-bond acceptors (Lipinski definition) is 6. The summed E-state index contributed by atoms with van der Waals surface area (Å²) in [7, 11) is -0.974. The first-order chi connectivity index (χ1) is 13.3. The molecule has 8 nitrogen and oxygen atoms in total. The van der Waals surface area contributed by atoms with Crippen LogP contribution in [0.1, 0.15) is 6.42 Å². The lowest BCUT2D eigenvalue weighted by atomic mass is 10.1. The first-order valence-corrected chi connectivity index (χ1v) is 9.97. The minimum atomic E-state index is -3.78. The molecule has 3 rings (SSSR count). The van der Waals surface area contributed by atoms with Gasteiger partial charge >= 0.3 is 5.97 Å². The monoisotopic (exact) mass is 404 g/mol. The SMILES string of the molecule is COC(=O)C1CC(=O)N(c2ccc(S(=O)(=O)Nc3ccc(OC)cc3)cc2)C1. The van der Waals surface area contributed by atoms with Gasteiger partial charge in [-0.3, -0.25) is 14.3 Å². The summed E-state index contributed by atoms with van der Waals surface area (Å²) in [5.41, 5.74) is 0.931. The number of esters is 1. The number of rotatable bonds is 6. The van der Waals surface area contributed by atoms with Gasteiger partial charge in [0.05, 0.1) is 25.0 Å². The molecule has 0 aliphatic carbocycles. The van der Waals surface area contributed by atoms with Gasteiger partial charge in [0.1, 0.15) is 5.75 Å². The van der Waals surface area contributed by atoms with Crippen molar-refractivity contribution in [3.05, 3.63) is 48.5 Å². The van der Waals surface area contributed by atoms with Gasteiger partial charge in [-0.05, 0) is 48.5 Å². The van der Waals surface area contributed by atoms with E-state index in [0.29, 0.717) is 17.1 Å². The van der Waals surface area contributed by atoms with Crippen LogP contribution in [0.2, 0.25) is 0 Å². The summed E-state index contributed by atoms with van der Waals surface area (Å²) in [6.07, 6.45) is 0.0751. The Bertz CT molecular complexity index is 970. The molecule has 1 aliphatic rings.